The Morgan fingerprint density at radius 1 is 1.24 bits per heavy atom. The predicted molar refractivity (Wildman–Crippen MR) is 91.9 cm³/mol. The minimum absolute atomic E-state index is 0.686. The molecule has 2 rings (SSSR count). The fourth-order valence-electron chi connectivity index (χ4n) is 2.94. The second kappa shape index (κ2) is 7.81. The first-order chi connectivity index (χ1) is 10.1. The summed E-state index contributed by atoms with van der Waals surface area (Å²) in [6.45, 7) is 8.88. The average molecular weight is 289 g/mol. The van der Waals surface area contributed by atoms with E-state index in [0.717, 1.165) is 19.6 Å². The molecule has 21 heavy (non-hydrogen) atoms. The molecule has 1 atom stereocenters. The van der Waals surface area contributed by atoms with Gasteiger partial charge >= 0.3 is 0 Å². The Kier molecular flexibility index (Phi) is 6.07. The molecule has 0 amide bonds. The normalized spacial score (nSPS) is 19.5. The largest absolute Gasteiger partial charge is 0.370 e. The van der Waals surface area contributed by atoms with E-state index in [-0.39, 0.29) is 0 Å². The molecule has 1 aliphatic heterocycles. The number of hydrogen-bond acceptors (Lipinski definition) is 3. The molecule has 0 aromatic heterocycles. The molecule has 1 unspecified atom stereocenters. The summed E-state index contributed by atoms with van der Waals surface area (Å²) >= 11 is 0. The molecule has 1 aromatic rings. The number of rotatable bonds is 6. The van der Waals surface area contributed by atoms with Gasteiger partial charge in [0.05, 0.1) is 0 Å². The van der Waals surface area contributed by atoms with Crippen LogP contribution >= 0.6 is 0 Å². The highest BCUT2D eigenvalue weighted by Crippen LogP contribution is 2.22. The fraction of sp³-hybridized carbons (Fsp3) is 0.667. The standard InChI is InChI=1S/C18H31N3/c1-15(2)12-19-13-16-7-9-17(10-8-16)21-11-5-6-18(14-21)20(3)4/h7-10,15,18-19H,5-6,11-14H2,1-4H3. The smallest absolute Gasteiger partial charge is 0.0366 e. The van der Waals surface area contributed by atoms with Crippen LogP contribution in [0.5, 0.6) is 0 Å². The molecule has 1 aromatic carbocycles. The zero-order chi connectivity index (χ0) is 15.2. The van der Waals surface area contributed by atoms with Crippen molar-refractivity contribution in [2.45, 2.75) is 39.3 Å². The van der Waals surface area contributed by atoms with Gasteiger partial charge in [0, 0.05) is 31.4 Å². The van der Waals surface area contributed by atoms with Gasteiger partial charge in [0.15, 0.2) is 0 Å². The minimum Gasteiger partial charge on any atom is -0.370 e. The van der Waals surface area contributed by atoms with E-state index in [4.69, 9.17) is 0 Å². The quantitative estimate of drug-likeness (QED) is 0.868. The molecule has 0 bridgehead atoms. The van der Waals surface area contributed by atoms with E-state index < -0.39 is 0 Å². The second-order valence-corrected chi connectivity index (χ2v) is 6.90. The van der Waals surface area contributed by atoms with Crippen molar-refractivity contribution in [1.29, 1.82) is 0 Å². The SMILES string of the molecule is CC(C)CNCc1ccc(N2CCCC(N(C)C)C2)cc1. The van der Waals surface area contributed by atoms with Crippen molar-refractivity contribution in [1.82, 2.24) is 10.2 Å². The lowest BCUT2D eigenvalue weighted by Crippen LogP contribution is -2.45. The lowest BCUT2D eigenvalue weighted by molar-refractivity contribution is 0.258. The predicted octanol–water partition coefficient (Wildman–Crippen LogP) is 2.96. The molecule has 0 aliphatic carbocycles. The van der Waals surface area contributed by atoms with Crippen molar-refractivity contribution in [3.05, 3.63) is 29.8 Å². The Morgan fingerprint density at radius 2 is 1.95 bits per heavy atom. The van der Waals surface area contributed by atoms with Gasteiger partial charge in [0.1, 0.15) is 0 Å². The summed E-state index contributed by atoms with van der Waals surface area (Å²) in [5, 5.41) is 3.50. The first-order valence-electron chi connectivity index (χ1n) is 8.27. The number of piperidine rings is 1. The summed E-state index contributed by atoms with van der Waals surface area (Å²) < 4.78 is 0. The Labute approximate surface area is 130 Å². The van der Waals surface area contributed by atoms with E-state index >= 15 is 0 Å². The van der Waals surface area contributed by atoms with Crippen molar-refractivity contribution in [3.8, 4) is 0 Å². The lowest BCUT2D eigenvalue weighted by Gasteiger charge is -2.37. The molecular formula is C18H31N3. The highest BCUT2D eigenvalue weighted by atomic mass is 15.2. The van der Waals surface area contributed by atoms with Gasteiger partial charge < -0.3 is 15.1 Å². The minimum atomic E-state index is 0.686. The summed E-state index contributed by atoms with van der Waals surface area (Å²) in [5.74, 6) is 0.709. The van der Waals surface area contributed by atoms with E-state index in [1.807, 2.05) is 0 Å². The fourth-order valence-corrected chi connectivity index (χ4v) is 2.94. The maximum atomic E-state index is 3.50. The molecule has 1 saturated heterocycles. The summed E-state index contributed by atoms with van der Waals surface area (Å²) in [6.07, 6.45) is 2.61. The average Bonchev–Trinajstić information content (AvgIpc) is 2.48. The van der Waals surface area contributed by atoms with Crippen molar-refractivity contribution in [3.63, 3.8) is 0 Å². The third-order valence-corrected chi connectivity index (χ3v) is 4.31. The van der Waals surface area contributed by atoms with E-state index in [0.29, 0.717) is 12.0 Å². The van der Waals surface area contributed by atoms with Gasteiger partial charge in [-0.05, 0) is 57.1 Å². The van der Waals surface area contributed by atoms with Crippen LogP contribution in [-0.2, 0) is 6.54 Å². The second-order valence-electron chi connectivity index (χ2n) is 6.90. The Balaban J connectivity index is 1.89. The van der Waals surface area contributed by atoms with Crippen LogP contribution in [0.3, 0.4) is 0 Å². The molecule has 0 saturated carbocycles. The number of nitrogens with one attached hydrogen (secondary N) is 1. The highest BCUT2D eigenvalue weighted by molar-refractivity contribution is 5.48. The monoisotopic (exact) mass is 289 g/mol. The van der Waals surface area contributed by atoms with Gasteiger partial charge in [-0.15, -0.1) is 0 Å². The zero-order valence-corrected chi connectivity index (χ0v) is 14.1. The summed E-state index contributed by atoms with van der Waals surface area (Å²) in [4.78, 5) is 4.88. The molecule has 1 heterocycles. The molecule has 3 heteroatoms. The molecule has 1 N–H and O–H groups in total. The van der Waals surface area contributed by atoms with Gasteiger partial charge in [-0.1, -0.05) is 26.0 Å². The number of benzene rings is 1. The Morgan fingerprint density at radius 3 is 2.57 bits per heavy atom. The van der Waals surface area contributed by atoms with Crippen LogP contribution < -0.4 is 10.2 Å². The first-order valence-corrected chi connectivity index (χ1v) is 8.27. The van der Waals surface area contributed by atoms with Crippen LogP contribution in [0, 0.1) is 5.92 Å². The molecule has 1 fully saturated rings. The first kappa shape index (κ1) is 16.3. The van der Waals surface area contributed by atoms with E-state index in [1.54, 1.807) is 0 Å². The van der Waals surface area contributed by atoms with Gasteiger partial charge in [-0.2, -0.15) is 0 Å². The number of hydrogen-bond donors (Lipinski definition) is 1. The number of anilines is 1. The lowest BCUT2D eigenvalue weighted by atomic mass is 10.0. The van der Waals surface area contributed by atoms with Crippen LogP contribution in [0.25, 0.3) is 0 Å². The summed E-state index contributed by atoms with van der Waals surface area (Å²) in [6, 6.07) is 9.78. The van der Waals surface area contributed by atoms with Crippen molar-refractivity contribution in [2.24, 2.45) is 5.92 Å². The Bertz CT molecular complexity index is 411. The van der Waals surface area contributed by atoms with Gasteiger partial charge in [-0.3, -0.25) is 0 Å². The van der Waals surface area contributed by atoms with E-state index in [2.05, 4.69) is 67.3 Å². The zero-order valence-electron chi connectivity index (χ0n) is 14.1. The molecule has 0 spiro atoms. The van der Waals surface area contributed by atoms with Crippen LogP contribution in [0.4, 0.5) is 5.69 Å². The van der Waals surface area contributed by atoms with Gasteiger partial charge in [0.25, 0.3) is 0 Å². The van der Waals surface area contributed by atoms with E-state index in [9.17, 15) is 0 Å². The van der Waals surface area contributed by atoms with Gasteiger partial charge in [-0.25, -0.2) is 0 Å². The summed E-state index contributed by atoms with van der Waals surface area (Å²) in [5.41, 5.74) is 2.75. The maximum absolute atomic E-state index is 3.50. The topological polar surface area (TPSA) is 18.5 Å². The Hall–Kier alpha value is -1.06. The van der Waals surface area contributed by atoms with E-state index in [1.165, 1.54) is 30.6 Å². The van der Waals surface area contributed by atoms with Crippen molar-refractivity contribution >= 4 is 5.69 Å². The van der Waals surface area contributed by atoms with Crippen molar-refractivity contribution in [2.75, 3.05) is 38.6 Å². The molecule has 1 aliphatic rings. The molecular weight excluding hydrogens is 258 g/mol. The van der Waals surface area contributed by atoms with Crippen LogP contribution in [0.2, 0.25) is 0 Å². The third kappa shape index (κ3) is 5.01. The van der Waals surface area contributed by atoms with Crippen LogP contribution in [0.15, 0.2) is 24.3 Å². The third-order valence-electron chi connectivity index (χ3n) is 4.31. The van der Waals surface area contributed by atoms with Gasteiger partial charge in [0.2, 0.25) is 0 Å². The molecule has 0 radical (unpaired) electrons. The molecule has 118 valence electrons. The maximum Gasteiger partial charge on any atom is 0.0366 e. The van der Waals surface area contributed by atoms with Crippen LogP contribution in [0.1, 0.15) is 32.3 Å². The molecule has 3 nitrogen and oxygen atoms in total. The summed E-state index contributed by atoms with van der Waals surface area (Å²) in [7, 11) is 4.38. The van der Waals surface area contributed by atoms with Crippen molar-refractivity contribution < 1.29 is 0 Å². The highest BCUT2D eigenvalue weighted by Gasteiger charge is 2.21. The number of likely N-dealkylation sites (N-methyl/N-ethyl adjacent to an activating group) is 1. The van der Waals surface area contributed by atoms with Crippen LogP contribution in [-0.4, -0.2) is 44.7 Å². The number of nitrogens with zero attached hydrogens (tertiary/aromatic N) is 2.